The number of nitrogens with one attached hydrogen (secondary N) is 1. The van der Waals surface area contributed by atoms with Crippen LogP contribution in [0.3, 0.4) is 0 Å². The van der Waals surface area contributed by atoms with E-state index >= 15 is 0 Å². The van der Waals surface area contributed by atoms with Gasteiger partial charge >= 0.3 is 0 Å². The molecular weight excluding hydrogens is 342 g/mol. The number of allylic oxidation sites excluding steroid dienone is 1. The van der Waals surface area contributed by atoms with Crippen molar-refractivity contribution < 1.29 is 13.2 Å². The molecule has 1 atom stereocenters. The first-order valence-corrected chi connectivity index (χ1v) is 8.22. The molecule has 4 nitrogen and oxygen atoms in total. The summed E-state index contributed by atoms with van der Waals surface area (Å²) in [4.78, 5) is 0.198. The minimum atomic E-state index is -3.62. The molecule has 6 heteroatoms. The second-order valence-corrected chi connectivity index (χ2v) is 6.89. The number of aryl methyl sites for hydroxylation is 1. The summed E-state index contributed by atoms with van der Waals surface area (Å²) in [5.74, 6) is 0. The van der Waals surface area contributed by atoms with Gasteiger partial charge in [0.1, 0.15) is 0 Å². The molecular formula is C14H18BrNO3S. The second-order valence-electron chi connectivity index (χ2n) is 4.35. The second kappa shape index (κ2) is 7.06. The molecule has 0 aliphatic carbocycles. The smallest absolute Gasteiger partial charge is 0.261 e. The average molecular weight is 360 g/mol. The maximum absolute atomic E-state index is 12.2. The largest absolute Gasteiger partial charge is 0.378 e. The summed E-state index contributed by atoms with van der Waals surface area (Å²) in [6, 6.07) is 6.60. The van der Waals surface area contributed by atoms with Gasteiger partial charge in [-0.2, -0.15) is 0 Å². The van der Waals surface area contributed by atoms with E-state index in [1.807, 2.05) is 13.8 Å². The molecule has 1 unspecified atom stereocenters. The topological polar surface area (TPSA) is 55.4 Å². The van der Waals surface area contributed by atoms with Gasteiger partial charge in [0.05, 0.1) is 16.7 Å². The fourth-order valence-electron chi connectivity index (χ4n) is 1.36. The Labute approximate surface area is 128 Å². The van der Waals surface area contributed by atoms with E-state index < -0.39 is 10.0 Å². The van der Waals surface area contributed by atoms with Crippen molar-refractivity contribution in [2.24, 2.45) is 0 Å². The Balaban J connectivity index is 2.89. The maximum Gasteiger partial charge on any atom is 0.261 e. The van der Waals surface area contributed by atoms with Crippen molar-refractivity contribution in [2.75, 3.05) is 7.11 Å². The monoisotopic (exact) mass is 359 g/mol. The third kappa shape index (κ3) is 4.77. The van der Waals surface area contributed by atoms with Gasteiger partial charge in [-0.05, 0) is 48.0 Å². The zero-order valence-electron chi connectivity index (χ0n) is 11.7. The molecule has 0 aliphatic heterocycles. The van der Waals surface area contributed by atoms with Crippen molar-refractivity contribution in [3.05, 3.63) is 52.7 Å². The zero-order valence-corrected chi connectivity index (χ0v) is 14.1. The molecule has 0 amide bonds. The van der Waals surface area contributed by atoms with Gasteiger partial charge in [0.2, 0.25) is 0 Å². The first-order chi connectivity index (χ1) is 9.26. The highest BCUT2D eigenvalue weighted by Crippen LogP contribution is 2.18. The third-order valence-corrected chi connectivity index (χ3v) is 4.78. The highest BCUT2D eigenvalue weighted by Gasteiger charge is 2.15. The van der Waals surface area contributed by atoms with E-state index in [1.165, 1.54) is 0 Å². The molecule has 0 aromatic heterocycles. The first-order valence-electron chi connectivity index (χ1n) is 5.95. The molecule has 0 saturated carbocycles. The van der Waals surface area contributed by atoms with Gasteiger partial charge in [0, 0.05) is 11.6 Å². The van der Waals surface area contributed by atoms with E-state index in [0.29, 0.717) is 4.48 Å². The van der Waals surface area contributed by atoms with Crippen LogP contribution < -0.4 is 4.72 Å². The fourth-order valence-corrected chi connectivity index (χ4v) is 3.01. The van der Waals surface area contributed by atoms with Crippen molar-refractivity contribution in [3.8, 4) is 0 Å². The Morgan fingerprint density at radius 1 is 1.40 bits per heavy atom. The van der Waals surface area contributed by atoms with E-state index in [2.05, 4.69) is 27.2 Å². The summed E-state index contributed by atoms with van der Waals surface area (Å²) >= 11 is 3.28. The summed E-state index contributed by atoms with van der Waals surface area (Å²) in [5, 5.41) is 0. The minimum Gasteiger partial charge on any atom is -0.378 e. The number of rotatable bonds is 6. The highest BCUT2D eigenvalue weighted by atomic mass is 79.9. The lowest BCUT2D eigenvalue weighted by Gasteiger charge is -2.12. The molecule has 0 fully saturated rings. The molecule has 0 aliphatic rings. The predicted octanol–water partition coefficient (Wildman–Crippen LogP) is 3.10. The Hall–Kier alpha value is -1.11. The minimum absolute atomic E-state index is 0.148. The number of sulfonamides is 1. The van der Waals surface area contributed by atoms with Crippen molar-refractivity contribution in [1.82, 2.24) is 4.72 Å². The number of hydrogen-bond donors (Lipinski definition) is 1. The maximum atomic E-state index is 12.2. The average Bonchev–Trinajstić information content (AvgIpc) is 2.38. The van der Waals surface area contributed by atoms with Crippen LogP contribution >= 0.6 is 15.9 Å². The van der Waals surface area contributed by atoms with E-state index in [-0.39, 0.29) is 16.7 Å². The molecule has 0 bridgehead atoms. The van der Waals surface area contributed by atoms with Crippen molar-refractivity contribution in [3.63, 3.8) is 0 Å². The third-order valence-electron chi connectivity index (χ3n) is 2.63. The standard InChI is InChI=1S/C14H18BrNO3S/c1-10-5-7-13(8-6-10)20(17,18)16-12(3)14(15)9-11(2)19-4/h5-9,11,16H,3H2,1-2,4H3/b14-9+. The molecule has 20 heavy (non-hydrogen) atoms. The van der Waals surface area contributed by atoms with Gasteiger partial charge in [-0.3, -0.25) is 4.72 Å². The molecule has 110 valence electrons. The lowest BCUT2D eigenvalue weighted by Crippen LogP contribution is -2.23. The van der Waals surface area contributed by atoms with E-state index in [1.54, 1.807) is 37.5 Å². The highest BCUT2D eigenvalue weighted by molar-refractivity contribution is 9.12. The zero-order chi connectivity index (χ0) is 15.3. The number of halogens is 1. The Morgan fingerprint density at radius 2 is 1.95 bits per heavy atom. The first kappa shape index (κ1) is 16.9. The van der Waals surface area contributed by atoms with E-state index in [0.717, 1.165) is 5.56 Å². The summed E-state index contributed by atoms with van der Waals surface area (Å²) in [6.45, 7) is 7.44. The molecule has 0 heterocycles. The van der Waals surface area contributed by atoms with Crippen LogP contribution in [0, 0.1) is 6.92 Å². The lowest BCUT2D eigenvalue weighted by atomic mass is 10.2. The molecule has 1 aromatic carbocycles. The van der Waals surface area contributed by atoms with Gasteiger partial charge in [-0.15, -0.1) is 0 Å². The van der Waals surface area contributed by atoms with Crippen molar-refractivity contribution in [1.29, 1.82) is 0 Å². The van der Waals surface area contributed by atoms with Crippen LogP contribution in [0.1, 0.15) is 12.5 Å². The van der Waals surface area contributed by atoms with Gasteiger partial charge in [-0.25, -0.2) is 8.42 Å². The van der Waals surface area contributed by atoms with Gasteiger partial charge < -0.3 is 4.74 Å². The number of methoxy groups -OCH3 is 1. The predicted molar refractivity (Wildman–Crippen MR) is 84.1 cm³/mol. The summed E-state index contributed by atoms with van der Waals surface area (Å²) in [7, 11) is -2.05. The van der Waals surface area contributed by atoms with Gasteiger partial charge in [0.15, 0.2) is 0 Å². The summed E-state index contributed by atoms with van der Waals surface area (Å²) < 4.78 is 32.4. The van der Waals surface area contributed by atoms with Crippen LogP contribution in [-0.2, 0) is 14.8 Å². The Bertz CT molecular complexity index is 606. The SMILES string of the molecule is C=C(NS(=O)(=O)c1ccc(C)cc1)/C(Br)=C\C(C)OC. The Morgan fingerprint density at radius 3 is 2.45 bits per heavy atom. The molecule has 0 spiro atoms. The number of benzene rings is 1. The van der Waals surface area contributed by atoms with Crippen LogP contribution in [0.15, 0.2) is 52.0 Å². The molecule has 1 rings (SSSR count). The fraction of sp³-hybridized carbons (Fsp3) is 0.286. The molecule has 1 N–H and O–H groups in total. The molecule has 1 aromatic rings. The number of hydrogen-bond acceptors (Lipinski definition) is 3. The molecule has 0 saturated heterocycles. The van der Waals surface area contributed by atoms with Crippen LogP contribution in [-0.4, -0.2) is 21.6 Å². The van der Waals surface area contributed by atoms with E-state index in [9.17, 15) is 8.42 Å². The van der Waals surface area contributed by atoms with E-state index in [4.69, 9.17) is 4.74 Å². The van der Waals surface area contributed by atoms with Gasteiger partial charge in [0.25, 0.3) is 10.0 Å². The normalized spacial score (nSPS) is 13.9. The Kier molecular flexibility index (Phi) is 5.98. The van der Waals surface area contributed by atoms with Gasteiger partial charge in [-0.1, -0.05) is 24.3 Å². The van der Waals surface area contributed by atoms with Crippen LogP contribution in [0.25, 0.3) is 0 Å². The lowest BCUT2D eigenvalue weighted by molar-refractivity contribution is 0.156. The van der Waals surface area contributed by atoms with Crippen LogP contribution in [0.2, 0.25) is 0 Å². The van der Waals surface area contributed by atoms with Crippen molar-refractivity contribution >= 4 is 26.0 Å². The number of ether oxygens (including phenoxy) is 1. The van der Waals surface area contributed by atoms with Crippen LogP contribution in [0.4, 0.5) is 0 Å². The summed E-state index contributed by atoms with van der Waals surface area (Å²) in [5.41, 5.74) is 1.26. The quantitative estimate of drug-likeness (QED) is 0.794. The van der Waals surface area contributed by atoms with Crippen LogP contribution in [0.5, 0.6) is 0 Å². The summed E-state index contributed by atoms with van der Waals surface area (Å²) in [6.07, 6.45) is 1.57. The molecule has 0 radical (unpaired) electrons. The van der Waals surface area contributed by atoms with Crippen molar-refractivity contribution in [2.45, 2.75) is 24.8 Å².